The van der Waals surface area contributed by atoms with Crippen LogP contribution in [0.2, 0.25) is 0 Å². The standard InChI is InChI=1S/C43H30N4/c1-29-9-8-26-44-40(29)38-15-7-14-37(27-38)33-18-23-35(24-19-33)42-45-41(34-21-16-32(17-22-34)30-10-3-2-4-11-30)46-43(47-42)39-25-20-31-12-5-6-13-36(31)28-39/h2-28H,1H3. The van der Waals surface area contributed by atoms with Crippen LogP contribution in [-0.2, 0) is 0 Å². The fourth-order valence-corrected chi connectivity index (χ4v) is 5.98. The van der Waals surface area contributed by atoms with Crippen molar-refractivity contribution >= 4 is 10.8 Å². The fourth-order valence-electron chi connectivity index (χ4n) is 5.98. The van der Waals surface area contributed by atoms with E-state index >= 15 is 0 Å². The third-order valence-corrected chi connectivity index (χ3v) is 8.52. The summed E-state index contributed by atoms with van der Waals surface area (Å²) in [5.74, 6) is 1.92. The first-order valence-corrected chi connectivity index (χ1v) is 15.7. The van der Waals surface area contributed by atoms with Crippen LogP contribution in [0.5, 0.6) is 0 Å². The summed E-state index contributed by atoms with van der Waals surface area (Å²) in [7, 11) is 0. The van der Waals surface area contributed by atoms with E-state index in [0.29, 0.717) is 17.5 Å². The summed E-state index contributed by atoms with van der Waals surface area (Å²) in [6, 6.07) is 54.6. The minimum absolute atomic E-state index is 0.634. The Balaban J connectivity index is 1.19. The normalized spacial score (nSPS) is 11.1. The number of hydrogen-bond donors (Lipinski definition) is 0. The van der Waals surface area contributed by atoms with Crippen LogP contribution < -0.4 is 0 Å². The Kier molecular flexibility index (Phi) is 7.37. The average Bonchev–Trinajstić information content (AvgIpc) is 3.15. The van der Waals surface area contributed by atoms with Gasteiger partial charge in [0.15, 0.2) is 17.5 Å². The summed E-state index contributed by atoms with van der Waals surface area (Å²) in [6.45, 7) is 2.09. The molecule has 0 unspecified atom stereocenters. The Morgan fingerprint density at radius 3 is 1.53 bits per heavy atom. The van der Waals surface area contributed by atoms with Crippen molar-refractivity contribution in [3.05, 3.63) is 169 Å². The number of pyridine rings is 1. The Morgan fingerprint density at radius 2 is 0.851 bits per heavy atom. The number of nitrogens with zero attached hydrogens (tertiary/aromatic N) is 4. The molecular weight excluding hydrogens is 573 g/mol. The first kappa shape index (κ1) is 28.2. The van der Waals surface area contributed by atoms with Gasteiger partial charge in [-0.3, -0.25) is 4.98 Å². The number of aromatic nitrogens is 4. The maximum absolute atomic E-state index is 5.01. The Hall–Kier alpha value is -6.26. The summed E-state index contributed by atoms with van der Waals surface area (Å²) in [4.78, 5) is 19.6. The summed E-state index contributed by atoms with van der Waals surface area (Å²) >= 11 is 0. The monoisotopic (exact) mass is 602 g/mol. The number of hydrogen-bond acceptors (Lipinski definition) is 4. The molecule has 0 bridgehead atoms. The van der Waals surface area contributed by atoms with Gasteiger partial charge in [-0.15, -0.1) is 0 Å². The average molecular weight is 603 g/mol. The summed E-state index contributed by atoms with van der Waals surface area (Å²) < 4.78 is 0. The zero-order valence-corrected chi connectivity index (χ0v) is 25.9. The molecule has 0 spiro atoms. The molecule has 0 amide bonds. The van der Waals surface area contributed by atoms with Crippen molar-refractivity contribution in [2.24, 2.45) is 0 Å². The molecule has 0 atom stereocenters. The molecule has 8 rings (SSSR count). The lowest BCUT2D eigenvalue weighted by molar-refractivity contribution is 1.07. The van der Waals surface area contributed by atoms with Crippen LogP contribution in [0, 0.1) is 6.92 Å². The molecule has 0 radical (unpaired) electrons. The van der Waals surface area contributed by atoms with Gasteiger partial charge in [0.25, 0.3) is 0 Å². The second-order valence-electron chi connectivity index (χ2n) is 11.6. The molecule has 0 saturated carbocycles. The minimum atomic E-state index is 0.634. The van der Waals surface area contributed by atoms with Gasteiger partial charge in [-0.1, -0.05) is 140 Å². The summed E-state index contributed by atoms with van der Waals surface area (Å²) in [5.41, 5.74) is 10.6. The van der Waals surface area contributed by atoms with E-state index in [1.54, 1.807) is 0 Å². The molecule has 6 aromatic carbocycles. The third-order valence-electron chi connectivity index (χ3n) is 8.52. The van der Waals surface area contributed by atoms with Crippen LogP contribution in [0.15, 0.2) is 164 Å². The Labute approximate surface area is 274 Å². The van der Waals surface area contributed by atoms with Crippen molar-refractivity contribution in [3.8, 4) is 67.7 Å². The lowest BCUT2D eigenvalue weighted by Crippen LogP contribution is -2.00. The van der Waals surface area contributed by atoms with Crippen LogP contribution in [0.25, 0.3) is 78.4 Å². The van der Waals surface area contributed by atoms with Crippen molar-refractivity contribution in [3.63, 3.8) is 0 Å². The van der Waals surface area contributed by atoms with Gasteiger partial charge in [0.1, 0.15) is 0 Å². The van der Waals surface area contributed by atoms with Crippen molar-refractivity contribution in [1.82, 2.24) is 19.9 Å². The number of fused-ring (bicyclic) bond motifs is 1. The summed E-state index contributed by atoms with van der Waals surface area (Å²) in [5, 5.41) is 2.33. The topological polar surface area (TPSA) is 51.6 Å². The highest BCUT2D eigenvalue weighted by molar-refractivity contribution is 5.86. The number of rotatable bonds is 6. The number of aryl methyl sites for hydroxylation is 1. The van der Waals surface area contributed by atoms with E-state index in [-0.39, 0.29) is 0 Å². The smallest absolute Gasteiger partial charge is 0.164 e. The quantitative estimate of drug-likeness (QED) is 0.190. The lowest BCUT2D eigenvalue weighted by atomic mass is 9.99. The van der Waals surface area contributed by atoms with Crippen molar-refractivity contribution in [2.45, 2.75) is 6.92 Å². The first-order chi connectivity index (χ1) is 23.2. The molecule has 0 aliphatic rings. The van der Waals surface area contributed by atoms with Crippen molar-refractivity contribution < 1.29 is 0 Å². The summed E-state index contributed by atoms with van der Waals surface area (Å²) in [6.07, 6.45) is 1.84. The van der Waals surface area contributed by atoms with Gasteiger partial charge in [-0.2, -0.15) is 0 Å². The molecule has 8 aromatic rings. The van der Waals surface area contributed by atoms with Crippen LogP contribution in [0.1, 0.15) is 5.56 Å². The van der Waals surface area contributed by atoms with E-state index in [1.165, 1.54) is 10.9 Å². The molecule has 0 N–H and O–H groups in total. The zero-order chi connectivity index (χ0) is 31.6. The van der Waals surface area contributed by atoms with E-state index in [1.807, 2.05) is 18.3 Å². The Morgan fingerprint density at radius 1 is 0.340 bits per heavy atom. The van der Waals surface area contributed by atoms with Crippen molar-refractivity contribution in [2.75, 3.05) is 0 Å². The number of benzene rings is 6. The molecule has 222 valence electrons. The highest BCUT2D eigenvalue weighted by Gasteiger charge is 2.14. The molecular formula is C43H30N4. The van der Waals surface area contributed by atoms with E-state index in [4.69, 9.17) is 15.0 Å². The fraction of sp³-hybridized carbons (Fsp3) is 0.0233. The maximum Gasteiger partial charge on any atom is 0.164 e. The van der Waals surface area contributed by atoms with Gasteiger partial charge in [-0.25, -0.2) is 15.0 Å². The second kappa shape index (κ2) is 12.3. The molecule has 0 aliphatic heterocycles. The highest BCUT2D eigenvalue weighted by atomic mass is 15.0. The van der Waals surface area contributed by atoms with Gasteiger partial charge in [-0.05, 0) is 63.7 Å². The molecule has 2 heterocycles. The molecule has 4 nitrogen and oxygen atoms in total. The van der Waals surface area contributed by atoms with Crippen molar-refractivity contribution in [1.29, 1.82) is 0 Å². The van der Waals surface area contributed by atoms with Gasteiger partial charge in [0, 0.05) is 28.5 Å². The lowest BCUT2D eigenvalue weighted by Gasteiger charge is -2.11. The van der Waals surface area contributed by atoms with Gasteiger partial charge in [0.2, 0.25) is 0 Å². The predicted octanol–water partition coefficient (Wildman–Crippen LogP) is 10.7. The second-order valence-corrected chi connectivity index (χ2v) is 11.6. The predicted molar refractivity (Wildman–Crippen MR) is 192 cm³/mol. The third kappa shape index (κ3) is 5.81. The van der Waals surface area contributed by atoms with E-state index in [2.05, 4.69) is 158 Å². The van der Waals surface area contributed by atoms with Gasteiger partial charge in [0.05, 0.1) is 5.69 Å². The largest absolute Gasteiger partial charge is 0.256 e. The molecule has 0 fully saturated rings. The van der Waals surface area contributed by atoms with Crippen LogP contribution >= 0.6 is 0 Å². The maximum atomic E-state index is 5.01. The zero-order valence-electron chi connectivity index (χ0n) is 25.9. The van der Waals surface area contributed by atoms with Crippen LogP contribution in [0.4, 0.5) is 0 Å². The van der Waals surface area contributed by atoms with Gasteiger partial charge < -0.3 is 0 Å². The van der Waals surface area contributed by atoms with E-state index in [9.17, 15) is 0 Å². The first-order valence-electron chi connectivity index (χ1n) is 15.7. The highest BCUT2D eigenvalue weighted by Crippen LogP contribution is 2.31. The molecule has 2 aromatic heterocycles. The molecule has 4 heteroatoms. The van der Waals surface area contributed by atoms with Gasteiger partial charge >= 0.3 is 0 Å². The minimum Gasteiger partial charge on any atom is -0.256 e. The molecule has 47 heavy (non-hydrogen) atoms. The molecule has 0 saturated heterocycles. The van der Waals surface area contributed by atoms with Crippen LogP contribution in [-0.4, -0.2) is 19.9 Å². The Bertz CT molecular complexity index is 2350. The SMILES string of the molecule is Cc1cccnc1-c1cccc(-c2ccc(-c3nc(-c4ccc(-c5ccccc5)cc4)nc(-c4ccc5ccccc5c4)n3)cc2)c1. The van der Waals surface area contributed by atoms with E-state index in [0.717, 1.165) is 55.6 Å². The van der Waals surface area contributed by atoms with E-state index < -0.39 is 0 Å². The van der Waals surface area contributed by atoms with Crippen LogP contribution in [0.3, 0.4) is 0 Å². The molecule has 0 aliphatic carbocycles.